The van der Waals surface area contributed by atoms with Gasteiger partial charge >= 0.3 is 0 Å². The van der Waals surface area contributed by atoms with Crippen LogP contribution in [-0.4, -0.2) is 38.7 Å². The third-order valence-electron chi connectivity index (χ3n) is 3.16. The van der Waals surface area contributed by atoms with Gasteiger partial charge in [0.25, 0.3) is 0 Å². The first-order valence-corrected chi connectivity index (χ1v) is 7.57. The van der Waals surface area contributed by atoms with Crippen molar-refractivity contribution < 1.29 is 4.74 Å². The second-order valence-corrected chi connectivity index (χ2v) is 6.09. The van der Waals surface area contributed by atoms with Crippen molar-refractivity contribution in [1.29, 1.82) is 0 Å². The van der Waals surface area contributed by atoms with Crippen molar-refractivity contribution in [3.8, 4) is 5.75 Å². The van der Waals surface area contributed by atoms with Gasteiger partial charge in [-0.3, -0.25) is 0 Å². The summed E-state index contributed by atoms with van der Waals surface area (Å²) >= 11 is 0. The minimum Gasteiger partial charge on any atom is -0.493 e. The molecule has 114 valence electrons. The predicted octanol–water partition coefficient (Wildman–Crippen LogP) is 3.07. The summed E-state index contributed by atoms with van der Waals surface area (Å²) in [5.41, 5.74) is 2.48. The molecule has 1 aromatic carbocycles. The van der Waals surface area contributed by atoms with Gasteiger partial charge in [0.15, 0.2) is 0 Å². The van der Waals surface area contributed by atoms with Gasteiger partial charge in [0.1, 0.15) is 5.75 Å². The van der Waals surface area contributed by atoms with Crippen LogP contribution in [0.3, 0.4) is 0 Å². The van der Waals surface area contributed by atoms with Crippen molar-refractivity contribution in [2.45, 2.75) is 33.7 Å². The molecule has 0 spiro atoms. The van der Waals surface area contributed by atoms with Crippen molar-refractivity contribution in [1.82, 2.24) is 10.2 Å². The fourth-order valence-electron chi connectivity index (χ4n) is 2.11. The van der Waals surface area contributed by atoms with E-state index in [-0.39, 0.29) is 0 Å². The van der Waals surface area contributed by atoms with Crippen LogP contribution in [0.2, 0.25) is 0 Å². The number of rotatable bonds is 9. The molecule has 0 aliphatic carbocycles. The molecular weight excluding hydrogens is 248 g/mol. The molecule has 0 aromatic heterocycles. The largest absolute Gasteiger partial charge is 0.493 e. The minimum absolute atomic E-state index is 0.671. The average molecular weight is 278 g/mol. The molecule has 0 atom stereocenters. The molecule has 0 saturated heterocycles. The molecule has 3 nitrogen and oxygen atoms in total. The number of hydrogen-bond acceptors (Lipinski definition) is 3. The lowest BCUT2D eigenvalue weighted by Gasteiger charge is -2.16. The summed E-state index contributed by atoms with van der Waals surface area (Å²) in [5.74, 6) is 1.73. The molecular formula is C17H30N2O. The zero-order chi connectivity index (χ0) is 15.0. The molecule has 0 heterocycles. The fraction of sp³-hybridized carbons (Fsp3) is 0.647. The quantitative estimate of drug-likeness (QED) is 0.703. The molecule has 0 amide bonds. The van der Waals surface area contributed by atoms with Crippen molar-refractivity contribution in [2.75, 3.05) is 33.8 Å². The molecule has 0 aliphatic heterocycles. The first-order chi connectivity index (χ1) is 9.50. The van der Waals surface area contributed by atoms with E-state index in [2.05, 4.69) is 63.3 Å². The van der Waals surface area contributed by atoms with Crippen molar-refractivity contribution >= 4 is 0 Å². The van der Waals surface area contributed by atoms with Gasteiger partial charge < -0.3 is 15.0 Å². The Morgan fingerprint density at radius 2 is 2.00 bits per heavy atom. The van der Waals surface area contributed by atoms with Crippen LogP contribution in [0.25, 0.3) is 0 Å². The molecule has 0 unspecified atom stereocenters. The van der Waals surface area contributed by atoms with Gasteiger partial charge in [0.05, 0.1) is 6.61 Å². The van der Waals surface area contributed by atoms with E-state index in [1.54, 1.807) is 0 Å². The Bertz CT molecular complexity index is 389. The topological polar surface area (TPSA) is 24.5 Å². The maximum Gasteiger partial charge on any atom is 0.126 e. The van der Waals surface area contributed by atoms with E-state index in [9.17, 15) is 0 Å². The standard InChI is InChI=1S/C17H30N2O/c1-14(2)12-18-13-16-9-6-8-15(3)17(16)20-11-7-10-19(4)5/h6,8-9,14,18H,7,10-13H2,1-5H3. The van der Waals surface area contributed by atoms with Gasteiger partial charge in [-0.1, -0.05) is 32.0 Å². The Balaban J connectivity index is 2.54. The SMILES string of the molecule is Cc1cccc(CNCC(C)C)c1OCCCN(C)C. The maximum absolute atomic E-state index is 6.01. The van der Waals surface area contributed by atoms with Crippen LogP contribution in [0.15, 0.2) is 18.2 Å². The molecule has 3 heteroatoms. The van der Waals surface area contributed by atoms with Crippen molar-refractivity contribution in [3.05, 3.63) is 29.3 Å². The minimum atomic E-state index is 0.671. The molecule has 0 fully saturated rings. The number of ether oxygens (including phenoxy) is 1. The number of para-hydroxylation sites is 1. The summed E-state index contributed by atoms with van der Waals surface area (Å²) in [7, 11) is 4.18. The summed E-state index contributed by atoms with van der Waals surface area (Å²) in [6.45, 7) is 10.3. The van der Waals surface area contributed by atoms with E-state index in [4.69, 9.17) is 4.74 Å². The summed E-state index contributed by atoms with van der Waals surface area (Å²) in [6, 6.07) is 6.38. The molecule has 0 radical (unpaired) electrons. The zero-order valence-electron chi connectivity index (χ0n) is 13.7. The number of nitrogens with zero attached hydrogens (tertiary/aromatic N) is 1. The van der Waals surface area contributed by atoms with Crippen molar-refractivity contribution in [2.24, 2.45) is 5.92 Å². The number of hydrogen-bond donors (Lipinski definition) is 1. The Labute approximate surface area is 124 Å². The smallest absolute Gasteiger partial charge is 0.126 e. The lowest BCUT2D eigenvalue weighted by Crippen LogP contribution is -2.20. The molecule has 0 saturated carbocycles. The van der Waals surface area contributed by atoms with Crippen LogP contribution in [0.5, 0.6) is 5.75 Å². The van der Waals surface area contributed by atoms with E-state index >= 15 is 0 Å². The molecule has 1 aromatic rings. The number of nitrogens with one attached hydrogen (secondary N) is 1. The summed E-state index contributed by atoms with van der Waals surface area (Å²) in [4.78, 5) is 2.19. The van der Waals surface area contributed by atoms with E-state index in [0.29, 0.717) is 5.92 Å². The van der Waals surface area contributed by atoms with Gasteiger partial charge in [-0.25, -0.2) is 0 Å². The third-order valence-corrected chi connectivity index (χ3v) is 3.16. The molecule has 1 rings (SSSR count). The van der Waals surface area contributed by atoms with Crippen LogP contribution >= 0.6 is 0 Å². The highest BCUT2D eigenvalue weighted by atomic mass is 16.5. The number of benzene rings is 1. The Morgan fingerprint density at radius 3 is 2.65 bits per heavy atom. The van der Waals surface area contributed by atoms with Crippen molar-refractivity contribution in [3.63, 3.8) is 0 Å². The summed E-state index contributed by atoms with van der Waals surface area (Å²) in [6.07, 6.45) is 1.06. The zero-order valence-corrected chi connectivity index (χ0v) is 13.7. The van der Waals surface area contributed by atoms with Gasteiger partial charge in [-0.05, 0) is 45.5 Å². The van der Waals surface area contributed by atoms with Crippen LogP contribution < -0.4 is 10.1 Å². The second kappa shape index (κ2) is 8.98. The molecule has 0 aliphatic rings. The Hall–Kier alpha value is -1.06. The van der Waals surface area contributed by atoms with E-state index in [1.165, 1.54) is 11.1 Å². The van der Waals surface area contributed by atoms with Crippen LogP contribution in [-0.2, 0) is 6.54 Å². The summed E-state index contributed by atoms with van der Waals surface area (Å²) in [5, 5.41) is 3.49. The second-order valence-electron chi connectivity index (χ2n) is 6.09. The van der Waals surface area contributed by atoms with E-state index in [0.717, 1.165) is 38.4 Å². The molecule has 0 bridgehead atoms. The number of aryl methyl sites for hydroxylation is 1. The monoisotopic (exact) mass is 278 g/mol. The molecule has 1 N–H and O–H groups in total. The van der Waals surface area contributed by atoms with Gasteiger partial charge in [0.2, 0.25) is 0 Å². The van der Waals surface area contributed by atoms with Crippen LogP contribution in [0.1, 0.15) is 31.4 Å². The first kappa shape index (κ1) is 17.0. The third kappa shape index (κ3) is 6.40. The lowest BCUT2D eigenvalue weighted by molar-refractivity contribution is 0.277. The van der Waals surface area contributed by atoms with E-state index < -0.39 is 0 Å². The van der Waals surface area contributed by atoms with Crippen LogP contribution in [0, 0.1) is 12.8 Å². The first-order valence-electron chi connectivity index (χ1n) is 7.57. The van der Waals surface area contributed by atoms with Gasteiger partial charge in [-0.2, -0.15) is 0 Å². The average Bonchev–Trinajstić information content (AvgIpc) is 2.36. The highest BCUT2D eigenvalue weighted by Gasteiger charge is 2.07. The maximum atomic E-state index is 6.01. The fourth-order valence-corrected chi connectivity index (χ4v) is 2.11. The Kier molecular flexibility index (Phi) is 7.63. The van der Waals surface area contributed by atoms with Gasteiger partial charge in [0, 0.05) is 18.7 Å². The normalized spacial score (nSPS) is 11.3. The summed E-state index contributed by atoms with van der Waals surface area (Å²) < 4.78 is 6.01. The molecule has 20 heavy (non-hydrogen) atoms. The van der Waals surface area contributed by atoms with Gasteiger partial charge in [-0.15, -0.1) is 0 Å². The highest BCUT2D eigenvalue weighted by Crippen LogP contribution is 2.23. The highest BCUT2D eigenvalue weighted by molar-refractivity contribution is 5.40. The predicted molar refractivity (Wildman–Crippen MR) is 86.4 cm³/mol. The Morgan fingerprint density at radius 1 is 1.25 bits per heavy atom. The lowest BCUT2D eigenvalue weighted by atomic mass is 10.1. The van der Waals surface area contributed by atoms with Crippen LogP contribution in [0.4, 0.5) is 0 Å². The van der Waals surface area contributed by atoms with E-state index in [1.807, 2.05) is 0 Å².